The first kappa shape index (κ1) is 9.27. The second-order valence-electron chi connectivity index (χ2n) is 2.78. The van der Waals surface area contributed by atoms with E-state index in [0.717, 1.165) is 0 Å². The average molecular weight is 254 g/mol. The number of aromatic nitrogens is 1. The highest BCUT2D eigenvalue weighted by Gasteiger charge is 2.05. The van der Waals surface area contributed by atoms with Gasteiger partial charge in [-0.1, -0.05) is 0 Å². The third-order valence-electron chi connectivity index (χ3n) is 1.90. The molecule has 4 heteroatoms. The summed E-state index contributed by atoms with van der Waals surface area (Å²) in [5.41, 5.74) is 0.943. The number of rotatable bonds is 1. The normalized spacial score (nSPS) is 10.4. The molecule has 0 saturated heterocycles. The van der Waals surface area contributed by atoms with Crippen molar-refractivity contribution in [2.24, 2.45) is 0 Å². The third kappa shape index (κ3) is 1.42. The first-order valence-corrected chi connectivity index (χ1v) is 4.71. The van der Waals surface area contributed by atoms with Gasteiger partial charge in [0, 0.05) is 5.39 Å². The topological polar surface area (TPSA) is 30.0 Å². The average Bonchev–Trinajstić information content (AvgIpc) is 2.23. The Morgan fingerprint density at radius 2 is 2.07 bits per heavy atom. The summed E-state index contributed by atoms with van der Waals surface area (Å²) in [7, 11) is 0. The van der Waals surface area contributed by atoms with Gasteiger partial charge in [0.1, 0.15) is 11.5 Å². The SMILES string of the molecule is O=Cc1ccc2c(Br)c(F)ccc2n1. The Hall–Kier alpha value is -1.29. The van der Waals surface area contributed by atoms with Crippen molar-refractivity contribution >= 4 is 33.1 Å². The van der Waals surface area contributed by atoms with Crippen LogP contribution in [0.1, 0.15) is 10.5 Å². The van der Waals surface area contributed by atoms with Crippen LogP contribution >= 0.6 is 15.9 Å². The number of nitrogens with zero attached hydrogens (tertiary/aromatic N) is 1. The number of fused-ring (bicyclic) bond motifs is 1. The summed E-state index contributed by atoms with van der Waals surface area (Å²) >= 11 is 3.12. The molecule has 0 unspecified atom stereocenters. The Morgan fingerprint density at radius 3 is 2.79 bits per heavy atom. The van der Waals surface area contributed by atoms with Gasteiger partial charge in [-0.15, -0.1) is 0 Å². The van der Waals surface area contributed by atoms with Gasteiger partial charge in [-0.3, -0.25) is 4.79 Å². The molecule has 0 amide bonds. The van der Waals surface area contributed by atoms with E-state index in [1.165, 1.54) is 6.07 Å². The molecule has 14 heavy (non-hydrogen) atoms. The van der Waals surface area contributed by atoms with Gasteiger partial charge in [-0.25, -0.2) is 9.37 Å². The van der Waals surface area contributed by atoms with Gasteiger partial charge < -0.3 is 0 Å². The Morgan fingerprint density at radius 1 is 1.29 bits per heavy atom. The van der Waals surface area contributed by atoms with Gasteiger partial charge in [0.05, 0.1) is 9.99 Å². The first-order chi connectivity index (χ1) is 6.72. The van der Waals surface area contributed by atoms with Crippen molar-refractivity contribution in [3.63, 3.8) is 0 Å². The second kappa shape index (κ2) is 3.46. The lowest BCUT2D eigenvalue weighted by Gasteiger charge is -2.01. The Kier molecular flexibility index (Phi) is 2.29. The first-order valence-electron chi connectivity index (χ1n) is 3.92. The summed E-state index contributed by atoms with van der Waals surface area (Å²) in [5.74, 6) is -0.335. The number of carbonyl (C=O) groups excluding carboxylic acids is 1. The highest BCUT2D eigenvalue weighted by Crippen LogP contribution is 2.25. The number of hydrogen-bond acceptors (Lipinski definition) is 2. The van der Waals surface area contributed by atoms with Crippen LogP contribution in [0.15, 0.2) is 28.7 Å². The van der Waals surface area contributed by atoms with Crippen molar-refractivity contribution in [3.05, 3.63) is 40.2 Å². The molecule has 0 fully saturated rings. The van der Waals surface area contributed by atoms with Crippen LogP contribution in [0.5, 0.6) is 0 Å². The molecule has 1 aromatic carbocycles. The van der Waals surface area contributed by atoms with Gasteiger partial charge >= 0.3 is 0 Å². The van der Waals surface area contributed by atoms with Crippen molar-refractivity contribution in [1.82, 2.24) is 4.98 Å². The zero-order chi connectivity index (χ0) is 10.1. The number of carbonyl (C=O) groups is 1. The Bertz CT molecular complexity index is 513. The molecule has 70 valence electrons. The number of aldehydes is 1. The molecule has 1 heterocycles. The highest BCUT2D eigenvalue weighted by atomic mass is 79.9. The van der Waals surface area contributed by atoms with Crippen molar-refractivity contribution in [2.75, 3.05) is 0 Å². The van der Waals surface area contributed by atoms with Gasteiger partial charge in [0.25, 0.3) is 0 Å². The molecule has 0 atom stereocenters. The predicted molar refractivity (Wildman–Crippen MR) is 54.8 cm³/mol. The van der Waals surface area contributed by atoms with Crippen LogP contribution in [-0.4, -0.2) is 11.3 Å². The molecule has 2 nitrogen and oxygen atoms in total. The molecule has 0 aliphatic rings. The number of halogens is 2. The molecule has 1 aromatic heterocycles. The van der Waals surface area contributed by atoms with Crippen molar-refractivity contribution in [2.45, 2.75) is 0 Å². The summed E-state index contributed by atoms with van der Waals surface area (Å²) in [6, 6.07) is 6.08. The monoisotopic (exact) mass is 253 g/mol. The van der Waals surface area contributed by atoms with E-state index in [1.807, 2.05) is 0 Å². The lowest BCUT2D eigenvalue weighted by molar-refractivity contribution is 0.111. The quantitative estimate of drug-likeness (QED) is 0.732. The maximum Gasteiger partial charge on any atom is 0.168 e. The maximum atomic E-state index is 13.1. The van der Waals surface area contributed by atoms with E-state index < -0.39 is 0 Å². The molecule has 0 aliphatic carbocycles. The maximum absolute atomic E-state index is 13.1. The van der Waals surface area contributed by atoms with Crippen LogP contribution in [0.4, 0.5) is 4.39 Å². The van der Waals surface area contributed by atoms with Crippen LogP contribution in [-0.2, 0) is 0 Å². The zero-order valence-corrected chi connectivity index (χ0v) is 8.58. The smallest absolute Gasteiger partial charge is 0.168 e. The van der Waals surface area contributed by atoms with Crippen LogP contribution in [0, 0.1) is 5.82 Å². The fraction of sp³-hybridized carbons (Fsp3) is 0. The Balaban J connectivity index is 2.81. The lowest BCUT2D eigenvalue weighted by atomic mass is 10.2. The molecule has 2 rings (SSSR count). The van der Waals surface area contributed by atoms with E-state index in [1.54, 1.807) is 18.2 Å². The minimum Gasteiger partial charge on any atom is -0.296 e. The van der Waals surface area contributed by atoms with E-state index in [9.17, 15) is 9.18 Å². The Labute approximate surface area is 87.9 Å². The molecule has 0 N–H and O–H groups in total. The van der Waals surface area contributed by atoms with Gasteiger partial charge in [0.15, 0.2) is 6.29 Å². The van der Waals surface area contributed by atoms with Crippen molar-refractivity contribution in [1.29, 1.82) is 0 Å². The van der Waals surface area contributed by atoms with Crippen LogP contribution in [0.25, 0.3) is 10.9 Å². The molecule has 0 spiro atoms. The molecule has 0 aliphatic heterocycles. The molecule has 0 bridgehead atoms. The molecular weight excluding hydrogens is 249 g/mol. The minimum absolute atomic E-state index is 0.335. The predicted octanol–water partition coefficient (Wildman–Crippen LogP) is 2.95. The van der Waals surface area contributed by atoms with Crippen LogP contribution in [0.2, 0.25) is 0 Å². The van der Waals surface area contributed by atoms with Crippen molar-refractivity contribution in [3.8, 4) is 0 Å². The minimum atomic E-state index is -0.335. The molecule has 0 saturated carbocycles. The standard InChI is InChI=1S/C10H5BrFNO/c11-10-7-2-1-6(5-14)13-9(7)4-3-8(10)12/h1-5H. The van der Waals surface area contributed by atoms with E-state index in [0.29, 0.717) is 27.4 Å². The fourth-order valence-electron chi connectivity index (χ4n) is 1.22. The van der Waals surface area contributed by atoms with E-state index in [4.69, 9.17) is 0 Å². The van der Waals surface area contributed by atoms with Crippen LogP contribution < -0.4 is 0 Å². The largest absolute Gasteiger partial charge is 0.296 e. The number of hydrogen-bond donors (Lipinski definition) is 0. The molecule has 2 aromatic rings. The van der Waals surface area contributed by atoms with Gasteiger partial charge in [0.2, 0.25) is 0 Å². The van der Waals surface area contributed by atoms with Crippen molar-refractivity contribution < 1.29 is 9.18 Å². The summed E-state index contributed by atoms with van der Waals surface area (Å²) in [4.78, 5) is 14.5. The lowest BCUT2D eigenvalue weighted by Crippen LogP contribution is -1.89. The van der Waals surface area contributed by atoms with E-state index >= 15 is 0 Å². The zero-order valence-electron chi connectivity index (χ0n) is 7.00. The summed E-state index contributed by atoms with van der Waals surface area (Å²) in [6.07, 6.45) is 0.663. The van der Waals surface area contributed by atoms with Crippen LogP contribution in [0.3, 0.4) is 0 Å². The second-order valence-corrected chi connectivity index (χ2v) is 3.58. The number of pyridine rings is 1. The highest BCUT2D eigenvalue weighted by molar-refractivity contribution is 9.10. The summed E-state index contributed by atoms with van der Waals surface area (Å²) < 4.78 is 13.5. The van der Waals surface area contributed by atoms with E-state index in [2.05, 4.69) is 20.9 Å². The fourth-order valence-corrected chi connectivity index (χ4v) is 1.69. The van der Waals surface area contributed by atoms with Gasteiger partial charge in [-0.05, 0) is 40.2 Å². The van der Waals surface area contributed by atoms with Gasteiger partial charge in [-0.2, -0.15) is 0 Å². The van der Waals surface area contributed by atoms with E-state index in [-0.39, 0.29) is 5.82 Å². The molecule has 0 radical (unpaired) electrons. The molecular formula is C10H5BrFNO. The third-order valence-corrected chi connectivity index (χ3v) is 2.71. The summed E-state index contributed by atoms with van der Waals surface area (Å²) in [6.45, 7) is 0. The summed E-state index contributed by atoms with van der Waals surface area (Å²) in [5, 5.41) is 0.663. The number of benzene rings is 1.